The zero-order valence-electron chi connectivity index (χ0n) is 17.6. The molecule has 0 aliphatic carbocycles. The lowest BCUT2D eigenvalue weighted by atomic mass is 9.82. The smallest absolute Gasteiger partial charge is 0.228 e. The standard InChI is InChI=1S/C24H22ClN7/c1-15-6-5-9-17(20(15)25)21-19-18(14-26)28-23(29-22(19)31-30-21)32-12-10-24(27,11-13-32)16-7-3-2-4-8-16/h2-9H,10-13,27H2,1H3,(H,28,29,30,31). The lowest BCUT2D eigenvalue weighted by Crippen LogP contribution is -2.48. The van der Waals surface area contributed by atoms with Gasteiger partial charge in [-0.1, -0.05) is 60.1 Å². The van der Waals surface area contributed by atoms with Gasteiger partial charge in [0.2, 0.25) is 5.95 Å². The van der Waals surface area contributed by atoms with Crippen molar-refractivity contribution in [2.75, 3.05) is 18.0 Å². The van der Waals surface area contributed by atoms with Gasteiger partial charge in [-0.25, -0.2) is 4.98 Å². The maximum atomic E-state index is 9.85. The molecule has 32 heavy (non-hydrogen) atoms. The van der Waals surface area contributed by atoms with Crippen molar-refractivity contribution in [1.29, 1.82) is 5.26 Å². The maximum absolute atomic E-state index is 9.85. The van der Waals surface area contributed by atoms with Gasteiger partial charge < -0.3 is 10.6 Å². The highest BCUT2D eigenvalue weighted by Gasteiger charge is 2.33. The van der Waals surface area contributed by atoms with Crippen LogP contribution in [-0.2, 0) is 5.54 Å². The molecule has 2 aromatic heterocycles. The van der Waals surface area contributed by atoms with Crippen LogP contribution >= 0.6 is 11.6 Å². The van der Waals surface area contributed by atoms with Crippen LogP contribution in [0.2, 0.25) is 5.02 Å². The van der Waals surface area contributed by atoms with Gasteiger partial charge >= 0.3 is 0 Å². The van der Waals surface area contributed by atoms with E-state index in [4.69, 9.17) is 17.3 Å². The lowest BCUT2D eigenvalue weighted by Gasteiger charge is -2.39. The molecule has 1 aliphatic heterocycles. The number of piperidine rings is 1. The normalized spacial score (nSPS) is 15.6. The summed E-state index contributed by atoms with van der Waals surface area (Å²) in [5.74, 6) is 0.509. The summed E-state index contributed by atoms with van der Waals surface area (Å²) >= 11 is 6.51. The fourth-order valence-corrected chi connectivity index (χ4v) is 4.55. The Morgan fingerprint density at radius 2 is 1.84 bits per heavy atom. The van der Waals surface area contributed by atoms with Crippen molar-refractivity contribution in [3.63, 3.8) is 0 Å². The molecular formula is C24H22ClN7. The number of halogens is 1. The van der Waals surface area contributed by atoms with Crippen LogP contribution in [0.25, 0.3) is 22.3 Å². The van der Waals surface area contributed by atoms with E-state index >= 15 is 0 Å². The molecule has 2 aromatic carbocycles. The summed E-state index contributed by atoms with van der Waals surface area (Å²) in [6, 6.07) is 18.1. The number of hydrogen-bond acceptors (Lipinski definition) is 6. The zero-order chi connectivity index (χ0) is 22.3. The van der Waals surface area contributed by atoms with Crippen LogP contribution in [0.3, 0.4) is 0 Å². The minimum Gasteiger partial charge on any atom is -0.341 e. The highest BCUT2D eigenvalue weighted by Crippen LogP contribution is 2.36. The third kappa shape index (κ3) is 3.38. The van der Waals surface area contributed by atoms with Crippen LogP contribution in [-0.4, -0.2) is 33.3 Å². The first-order valence-electron chi connectivity index (χ1n) is 10.5. The molecule has 160 valence electrons. The number of aryl methyl sites for hydroxylation is 1. The summed E-state index contributed by atoms with van der Waals surface area (Å²) < 4.78 is 0. The molecule has 3 N–H and O–H groups in total. The van der Waals surface area contributed by atoms with Gasteiger partial charge in [0.15, 0.2) is 11.3 Å². The van der Waals surface area contributed by atoms with Crippen LogP contribution in [0.5, 0.6) is 0 Å². The van der Waals surface area contributed by atoms with E-state index in [9.17, 15) is 5.26 Å². The molecule has 7 nitrogen and oxygen atoms in total. The minimum atomic E-state index is -0.372. The Labute approximate surface area is 190 Å². The van der Waals surface area contributed by atoms with Crippen LogP contribution in [0.1, 0.15) is 29.7 Å². The Balaban J connectivity index is 1.48. The molecule has 0 radical (unpaired) electrons. The van der Waals surface area contributed by atoms with Gasteiger partial charge in [0, 0.05) is 24.2 Å². The summed E-state index contributed by atoms with van der Waals surface area (Å²) in [5.41, 5.74) is 10.6. The Kier molecular flexibility index (Phi) is 5.04. The third-order valence-electron chi connectivity index (χ3n) is 6.25. The lowest BCUT2D eigenvalue weighted by molar-refractivity contribution is 0.340. The number of aromatic amines is 1. The van der Waals surface area contributed by atoms with E-state index in [1.807, 2.05) is 43.3 Å². The number of benzene rings is 2. The van der Waals surface area contributed by atoms with Crippen LogP contribution < -0.4 is 10.6 Å². The highest BCUT2D eigenvalue weighted by molar-refractivity contribution is 6.34. The molecule has 0 unspecified atom stereocenters. The Morgan fingerprint density at radius 3 is 2.56 bits per heavy atom. The average Bonchev–Trinajstić information content (AvgIpc) is 3.25. The van der Waals surface area contributed by atoms with Crippen molar-refractivity contribution in [2.24, 2.45) is 5.73 Å². The Bertz CT molecular complexity index is 1330. The summed E-state index contributed by atoms with van der Waals surface area (Å²) in [6.45, 7) is 3.34. The van der Waals surface area contributed by atoms with Gasteiger partial charge in [0.05, 0.1) is 10.4 Å². The van der Waals surface area contributed by atoms with Gasteiger partial charge in [0.1, 0.15) is 11.8 Å². The predicted molar refractivity (Wildman–Crippen MR) is 125 cm³/mol. The van der Waals surface area contributed by atoms with Crippen molar-refractivity contribution < 1.29 is 0 Å². The first kappa shape index (κ1) is 20.4. The third-order valence-corrected chi connectivity index (χ3v) is 6.75. The number of H-pyrrole nitrogens is 1. The largest absolute Gasteiger partial charge is 0.341 e. The second kappa shape index (κ2) is 7.90. The van der Waals surface area contributed by atoms with E-state index in [0.717, 1.165) is 29.5 Å². The van der Waals surface area contributed by atoms with Gasteiger partial charge in [-0.2, -0.15) is 15.3 Å². The summed E-state index contributed by atoms with van der Waals surface area (Å²) in [5, 5.41) is 18.4. The van der Waals surface area contributed by atoms with E-state index in [1.165, 1.54) is 0 Å². The van der Waals surface area contributed by atoms with Gasteiger partial charge in [-0.3, -0.25) is 5.10 Å². The molecule has 3 heterocycles. The number of anilines is 1. The number of nitrogens with zero attached hydrogens (tertiary/aromatic N) is 5. The number of nitrogens with two attached hydrogens (primary N) is 1. The van der Waals surface area contributed by atoms with Gasteiger partial charge in [0.25, 0.3) is 0 Å². The molecule has 5 rings (SSSR count). The van der Waals surface area contributed by atoms with E-state index in [2.05, 4.69) is 43.3 Å². The van der Waals surface area contributed by atoms with Crippen LogP contribution in [0.4, 0.5) is 5.95 Å². The molecule has 0 amide bonds. The Morgan fingerprint density at radius 1 is 1.09 bits per heavy atom. The van der Waals surface area contributed by atoms with Crippen molar-refractivity contribution >= 4 is 28.6 Å². The maximum Gasteiger partial charge on any atom is 0.228 e. The summed E-state index contributed by atoms with van der Waals surface area (Å²) in [6.07, 6.45) is 1.54. The fourth-order valence-electron chi connectivity index (χ4n) is 4.33. The van der Waals surface area contributed by atoms with Crippen molar-refractivity contribution in [1.82, 2.24) is 20.2 Å². The number of hydrogen-bond donors (Lipinski definition) is 2. The molecule has 4 aromatic rings. The second-order valence-electron chi connectivity index (χ2n) is 8.23. The van der Waals surface area contributed by atoms with Crippen molar-refractivity contribution in [3.8, 4) is 17.3 Å². The van der Waals surface area contributed by atoms with Crippen LogP contribution in [0.15, 0.2) is 48.5 Å². The molecule has 1 aliphatic rings. The number of fused-ring (bicyclic) bond motifs is 1. The quantitative estimate of drug-likeness (QED) is 0.488. The molecule has 0 spiro atoms. The topological polar surface area (TPSA) is 108 Å². The number of nitriles is 1. The monoisotopic (exact) mass is 443 g/mol. The number of rotatable bonds is 3. The first-order chi connectivity index (χ1) is 15.5. The minimum absolute atomic E-state index is 0.277. The molecule has 0 bridgehead atoms. The van der Waals surface area contributed by atoms with Crippen LogP contribution in [0, 0.1) is 18.3 Å². The van der Waals surface area contributed by atoms with E-state index in [1.54, 1.807) is 0 Å². The van der Waals surface area contributed by atoms with Gasteiger partial charge in [-0.05, 0) is 30.9 Å². The molecule has 1 fully saturated rings. The second-order valence-corrected chi connectivity index (χ2v) is 8.60. The first-order valence-corrected chi connectivity index (χ1v) is 10.9. The SMILES string of the molecule is Cc1cccc(-c2n[nH]c3nc(N4CCC(N)(c5ccccc5)CC4)nc(C#N)c23)c1Cl. The summed E-state index contributed by atoms with van der Waals surface area (Å²) in [4.78, 5) is 11.3. The van der Waals surface area contributed by atoms with E-state index < -0.39 is 0 Å². The van der Waals surface area contributed by atoms with Gasteiger partial charge in [-0.15, -0.1) is 0 Å². The van der Waals surface area contributed by atoms with Crippen molar-refractivity contribution in [3.05, 3.63) is 70.4 Å². The fraction of sp³-hybridized carbons (Fsp3) is 0.250. The highest BCUT2D eigenvalue weighted by atomic mass is 35.5. The van der Waals surface area contributed by atoms with E-state index in [0.29, 0.717) is 40.8 Å². The molecule has 0 atom stereocenters. The van der Waals surface area contributed by atoms with E-state index in [-0.39, 0.29) is 11.2 Å². The number of aromatic nitrogens is 4. The molecule has 1 saturated heterocycles. The predicted octanol–water partition coefficient (Wildman–Crippen LogP) is 4.31. The Hall–Kier alpha value is -3.47. The van der Waals surface area contributed by atoms with Crippen molar-refractivity contribution in [2.45, 2.75) is 25.3 Å². The summed E-state index contributed by atoms with van der Waals surface area (Å²) in [7, 11) is 0. The number of nitrogens with one attached hydrogen (secondary N) is 1. The zero-order valence-corrected chi connectivity index (χ0v) is 18.4. The molecule has 0 saturated carbocycles. The average molecular weight is 444 g/mol. The molecular weight excluding hydrogens is 422 g/mol. The molecule has 8 heteroatoms.